The van der Waals surface area contributed by atoms with E-state index in [9.17, 15) is 9.18 Å². The molecule has 30 heavy (non-hydrogen) atoms. The quantitative estimate of drug-likeness (QED) is 0.630. The highest BCUT2D eigenvalue weighted by molar-refractivity contribution is 5.89. The number of likely N-dealkylation sites (tertiary alicyclic amines) is 1. The van der Waals surface area contributed by atoms with Crippen LogP contribution in [0.1, 0.15) is 36.8 Å². The zero-order valence-electron chi connectivity index (χ0n) is 17.2. The first kappa shape index (κ1) is 21.8. The predicted octanol–water partition coefficient (Wildman–Crippen LogP) is 4.55. The van der Waals surface area contributed by atoms with E-state index < -0.39 is 0 Å². The number of rotatable bonds is 8. The minimum absolute atomic E-state index is 0.172. The highest BCUT2D eigenvalue weighted by atomic mass is 19.1. The van der Waals surface area contributed by atoms with Gasteiger partial charge in [-0.25, -0.2) is 9.18 Å². The molecule has 0 radical (unpaired) electrons. The molecule has 5 nitrogen and oxygen atoms in total. The van der Waals surface area contributed by atoms with E-state index in [2.05, 4.69) is 21.6 Å². The number of nitriles is 1. The second-order valence-electron chi connectivity index (χ2n) is 7.90. The average molecular weight is 409 g/mol. The summed E-state index contributed by atoms with van der Waals surface area (Å²) in [6.45, 7) is 3.89. The van der Waals surface area contributed by atoms with E-state index in [1.165, 1.54) is 18.4 Å². The largest absolute Gasteiger partial charge is 0.338 e. The molecule has 158 valence electrons. The van der Waals surface area contributed by atoms with Crippen molar-refractivity contribution in [3.05, 3.63) is 65.5 Å². The second kappa shape index (κ2) is 11.3. The van der Waals surface area contributed by atoms with Gasteiger partial charge in [0.2, 0.25) is 0 Å². The normalized spacial score (nSPS) is 14.8. The molecule has 0 aliphatic carbocycles. The Morgan fingerprint density at radius 2 is 1.90 bits per heavy atom. The number of hydrogen-bond donors (Lipinski definition) is 2. The lowest BCUT2D eigenvalue weighted by Crippen LogP contribution is -2.35. The van der Waals surface area contributed by atoms with Crippen molar-refractivity contribution in [3.63, 3.8) is 0 Å². The summed E-state index contributed by atoms with van der Waals surface area (Å²) in [5.74, 6) is 0.505. The van der Waals surface area contributed by atoms with Crippen LogP contribution >= 0.6 is 0 Å². The van der Waals surface area contributed by atoms with Gasteiger partial charge in [0.15, 0.2) is 0 Å². The number of unbranched alkanes of at least 4 members (excludes halogenated alkanes) is 1. The van der Waals surface area contributed by atoms with Crippen molar-refractivity contribution in [2.75, 3.05) is 31.5 Å². The van der Waals surface area contributed by atoms with E-state index >= 15 is 0 Å². The summed E-state index contributed by atoms with van der Waals surface area (Å²) >= 11 is 0. The number of benzene rings is 2. The van der Waals surface area contributed by atoms with Gasteiger partial charge < -0.3 is 15.5 Å². The zero-order valence-corrected chi connectivity index (χ0v) is 17.2. The van der Waals surface area contributed by atoms with Crippen LogP contribution in [0.25, 0.3) is 0 Å². The van der Waals surface area contributed by atoms with Crippen molar-refractivity contribution in [3.8, 4) is 6.07 Å². The molecule has 3 rings (SSSR count). The van der Waals surface area contributed by atoms with Crippen LogP contribution < -0.4 is 10.6 Å². The molecule has 2 aromatic rings. The highest BCUT2D eigenvalue weighted by Crippen LogP contribution is 2.22. The number of carbonyl (C=O) groups excluding carboxylic acids is 1. The fourth-order valence-corrected chi connectivity index (χ4v) is 3.87. The van der Waals surface area contributed by atoms with E-state index in [4.69, 9.17) is 5.26 Å². The summed E-state index contributed by atoms with van der Waals surface area (Å²) < 4.78 is 13.0. The van der Waals surface area contributed by atoms with E-state index in [0.717, 1.165) is 38.9 Å². The summed E-state index contributed by atoms with van der Waals surface area (Å²) in [6, 6.07) is 15.6. The van der Waals surface area contributed by atoms with Crippen molar-refractivity contribution in [1.82, 2.24) is 10.2 Å². The monoisotopic (exact) mass is 408 g/mol. The number of urea groups is 1. The molecule has 0 bridgehead atoms. The molecular weight excluding hydrogens is 379 g/mol. The van der Waals surface area contributed by atoms with Crippen molar-refractivity contribution >= 4 is 11.7 Å². The lowest BCUT2D eigenvalue weighted by Gasteiger charge is -2.32. The summed E-state index contributed by atoms with van der Waals surface area (Å²) in [5.41, 5.74) is 2.36. The van der Waals surface area contributed by atoms with Crippen LogP contribution in [-0.2, 0) is 6.42 Å². The maximum absolute atomic E-state index is 13.0. The summed E-state index contributed by atoms with van der Waals surface area (Å²) in [4.78, 5) is 14.4. The van der Waals surface area contributed by atoms with Crippen molar-refractivity contribution in [2.24, 2.45) is 5.92 Å². The van der Waals surface area contributed by atoms with Gasteiger partial charge in [-0.05, 0) is 93.6 Å². The molecule has 0 unspecified atom stereocenters. The first-order valence-electron chi connectivity index (χ1n) is 10.6. The van der Waals surface area contributed by atoms with Gasteiger partial charge in [0.1, 0.15) is 5.82 Å². The number of carbonyl (C=O) groups is 1. The van der Waals surface area contributed by atoms with Gasteiger partial charge in [-0.15, -0.1) is 0 Å². The van der Waals surface area contributed by atoms with E-state index in [1.807, 2.05) is 12.1 Å². The maximum Gasteiger partial charge on any atom is 0.319 e. The van der Waals surface area contributed by atoms with Gasteiger partial charge in [-0.3, -0.25) is 0 Å². The minimum Gasteiger partial charge on any atom is -0.338 e. The number of halogens is 1. The first-order valence-corrected chi connectivity index (χ1v) is 10.6. The summed E-state index contributed by atoms with van der Waals surface area (Å²) in [5, 5.41) is 14.5. The Balaban J connectivity index is 1.25. The number of hydrogen-bond acceptors (Lipinski definition) is 3. The fourth-order valence-electron chi connectivity index (χ4n) is 3.87. The number of nitrogens with one attached hydrogen (secondary N) is 2. The van der Waals surface area contributed by atoms with Gasteiger partial charge in [-0.1, -0.05) is 18.2 Å². The molecule has 2 aromatic carbocycles. The number of nitrogens with zero attached hydrogens (tertiary/aromatic N) is 2. The molecule has 0 atom stereocenters. The van der Waals surface area contributed by atoms with Crippen LogP contribution in [0, 0.1) is 23.1 Å². The van der Waals surface area contributed by atoms with Crippen LogP contribution in [0.3, 0.4) is 0 Å². The molecule has 1 saturated heterocycles. The van der Waals surface area contributed by atoms with Crippen molar-refractivity contribution in [2.45, 2.75) is 32.1 Å². The molecule has 1 aliphatic rings. The number of amides is 2. The number of anilines is 1. The number of piperidine rings is 1. The van der Waals surface area contributed by atoms with E-state index in [-0.39, 0.29) is 11.8 Å². The molecule has 6 heteroatoms. The summed E-state index contributed by atoms with van der Waals surface area (Å²) in [7, 11) is 0. The molecule has 1 fully saturated rings. The third kappa shape index (κ3) is 7.16. The molecule has 0 spiro atoms. The average Bonchev–Trinajstić information content (AvgIpc) is 2.76. The molecule has 0 saturated carbocycles. The smallest absolute Gasteiger partial charge is 0.319 e. The highest BCUT2D eigenvalue weighted by Gasteiger charge is 2.19. The SMILES string of the molecule is N#Cc1cccc(NC(=O)NCCCCN2CCC(Cc3ccc(F)cc3)CC2)c1. The van der Waals surface area contributed by atoms with Crippen molar-refractivity contribution < 1.29 is 9.18 Å². The van der Waals surface area contributed by atoms with Gasteiger partial charge in [-0.2, -0.15) is 5.26 Å². The second-order valence-corrected chi connectivity index (χ2v) is 7.90. The summed E-state index contributed by atoms with van der Waals surface area (Å²) in [6.07, 6.45) is 5.37. The van der Waals surface area contributed by atoms with E-state index in [1.54, 1.807) is 36.4 Å². The first-order chi connectivity index (χ1) is 14.6. The maximum atomic E-state index is 13.0. The Kier molecular flexibility index (Phi) is 8.22. The lowest BCUT2D eigenvalue weighted by molar-refractivity contribution is 0.181. The zero-order chi connectivity index (χ0) is 21.2. The Morgan fingerprint density at radius 1 is 1.13 bits per heavy atom. The molecular formula is C24H29FN4O. The van der Waals surface area contributed by atoms with Crippen LogP contribution in [0.5, 0.6) is 0 Å². The van der Waals surface area contributed by atoms with Crippen molar-refractivity contribution in [1.29, 1.82) is 5.26 Å². The molecule has 2 N–H and O–H groups in total. The van der Waals surface area contributed by atoms with Gasteiger partial charge in [0.25, 0.3) is 0 Å². The molecule has 1 heterocycles. The van der Waals surface area contributed by atoms with Gasteiger partial charge >= 0.3 is 6.03 Å². The Bertz CT molecular complexity index is 854. The fraction of sp³-hybridized carbons (Fsp3) is 0.417. The third-order valence-corrected chi connectivity index (χ3v) is 5.58. The van der Waals surface area contributed by atoms with Gasteiger partial charge in [0.05, 0.1) is 11.6 Å². The lowest BCUT2D eigenvalue weighted by atomic mass is 9.90. The van der Waals surface area contributed by atoms with Gasteiger partial charge in [0, 0.05) is 12.2 Å². The topological polar surface area (TPSA) is 68.2 Å². The predicted molar refractivity (Wildman–Crippen MR) is 117 cm³/mol. The van der Waals surface area contributed by atoms with E-state index in [0.29, 0.717) is 23.7 Å². The van der Waals surface area contributed by atoms with Crippen LogP contribution in [-0.4, -0.2) is 37.1 Å². The molecule has 2 amide bonds. The molecule has 0 aromatic heterocycles. The Hall–Kier alpha value is -2.91. The Labute approximate surface area is 177 Å². The molecule has 1 aliphatic heterocycles. The Morgan fingerprint density at radius 3 is 2.63 bits per heavy atom. The third-order valence-electron chi connectivity index (χ3n) is 5.58. The van der Waals surface area contributed by atoms with Crippen LogP contribution in [0.15, 0.2) is 48.5 Å². The minimum atomic E-state index is -0.244. The van der Waals surface area contributed by atoms with Crippen LogP contribution in [0.2, 0.25) is 0 Å². The standard InChI is InChI=1S/C24H29FN4O/c25-22-8-6-19(7-9-22)16-20-10-14-29(15-11-20)13-2-1-12-27-24(30)28-23-5-3-4-21(17-23)18-26/h3-9,17,20H,1-2,10-16H2,(H2,27,28,30). The van der Waals surface area contributed by atoms with Crippen LogP contribution in [0.4, 0.5) is 14.9 Å².